The third kappa shape index (κ3) is 5.10. The van der Waals surface area contributed by atoms with Crippen molar-refractivity contribution in [1.29, 1.82) is 0 Å². The first-order valence-electron chi connectivity index (χ1n) is 10.7. The molecule has 1 amide bonds. The summed E-state index contributed by atoms with van der Waals surface area (Å²) in [5.41, 5.74) is 6.37. The van der Waals surface area contributed by atoms with Crippen molar-refractivity contribution in [3.8, 4) is 16.9 Å². The van der Waals surface area contributed by atoms with E-state index in [1.54, 1.807) is 0 Å². The molecule has 0 saturated heterocycles. The molecule has 0 bridgehead atoms. The molecule has 31 heavy (non-hydrogen) atoms. The van der Waals surface area contributed by atoms with Crippen LogP contribution < -0.4 is 5.32 Å². The molecule has 1 heterocycles. The summed E-state index contributed by atoms with van der Waals surface area (Å²) in [4.78, 5) is 12.6. The van der Waals surface area contributed by atoms with Crippen LogP contribution in [0.25, 0.3) is 16.9 Å². The van der Waals surface area contributed by atoms with Crippen molar-refractivity contribution < 1.29 is 4.79 Å². The predicted molar refractivity (Wildman–Crippen MR) is 125 cm³/mol. The molecule has 1 N–H and O–H groups in total. The molecule has 0 spiro atoms. The van der Waals surface area contributed by atoms with Crippen LogP contribution in [0.1, 0.15) is 36.1 Å². The molecule has 1 aromatic heterocycles. The summed E-state index contributed by atoms with van der Waals surface area (Å²) in [6.45, 7) is 4.09. The molecule has 0 fully saturated rings. The lowest BCUT2D eigenvalue weighted by Gasteiger charge is -2.14. The van der Waals surface area contributed by atoms with Crippen LogP contribution in [0.15, 0.2) is 91.1 Å². The standard InChI is InChI=1S/C27H27N3O/c1-20-13-15-23(16-14-20)27-24(19-30(29-27)25-11-7-4-8-12-25)17-18-26(31)28-21(2)22-9-5-3-6-10-22/h3-16,19,21H,17-18H2,1-2H3,(H,28,31)/t21-/m0/s1. The number of para-hydroxylation sites is 1. The molecule has 0 aliphatic rings. The highest BCUT2D eigenvalue weighted by Gasteiger charge is 2.15. The number of carbonyl (C=O) groups excluding carboxylic acids is 1. The fraction of sp³-hybridized carbons (Fsp3) is 0.185. The molecule has 3 aromatic carbocycles. The number of carbonyl (C=O) groups is 1. The normalized spacial score (nSPS) is 11.8. The van der Waals surface area contributed by atoms with Gasteiger partial charge in [0.15, 0.2) is 0 Å². The maximum absolute atomic E-state index is 12.6. The molecule has 1 atom stereocenters. The topological polar surface area (TPSA) is 46.9 Å². The maximum Gasteiger partial charge on any atom is 0.220 e. The van der Waals surface area contributed by atoms with E-state index in [-0.39, 0.29) is 11.9 Å². The van der Waals surface area contributed by atoms with Crippen molar-refractivity contribution in [2.75, 3.05) is 0 Å². The monoisotopic (exact) mass is 409 g/mol. The van der Waals surface area contributed by atoms with Gasteiger partial charge in [-0.05, 0) is 43.5 Å². The van der Waals surface area contributed by atoms with Gasteiger partial charge in [0.1, 0.15) is 0 Å². The Bertz CT molecular complexity index is 1130. The smallest absolute Gasteiger partial charge is 0.220 e. The Balaban J connectivity index is 1.53. The molecule has 0 unspecified atom stereocenters. The average molecular weight is 410 g/mol. The van der Waals surface area contributed by atoms with Crippen LogP contribution in [-0.4, -0.2) is 15.7 Å². The number of hydrogen-bond acceptors (Lipinski definition) is 2. The second-order valence-corrected chi connectivity index (χ2v) is 7.85. The summed E-state index contributed by atoms with van der Waals surface area (Å²) in [7, 11) is 0. The Labute approximate surface area is 183 Å². The lowest BCUT2D eigenvalue weighted by molar-refractivity contribution is -0.121. The first kappa shape index (κ1) is 20.6. The van der Waals surface area contributed by atoms with E-state index in [9.17, 15) is 4.79 Å². The first-order valence-corrected chi connectivity index (χ1v) is 10.7. The van der Waals surface area contributed by atoms with Gasteiger partial charge in [-0.15, -0.1) is 0 Å². The van der Waals surface area contributed by atoms with Gasteiger partial charge in [-0.3, -0.25) is 4.79 Å². The molecular weight excluding hydrogens is 382 g/mol. The molecule has 0 aliphatic carbocycles. The van der Waals surface area contributed by atoms with Gasteiger partial charge in [0.25, 0.3) is 0 Å². The molecule has 0 saturated carbocycles. The summed E-state index contributed by atoms with van der Waals surface area (Å²) in [6, 6.07) is 28.4. The van der Waals surface area contributed by atoms with Gasteiger partial charge in [0.2, 0.25) is 5.91 Å². The highest BCUT2D eigenvalue weighted by molar-refractivity contribution is 5.77. The van der Waals surface area contributed by atoms with Crippen molar-refractivity contribution in [2.45, 2.75) is 32.7 Å². The fourth-order valence-corrected chi connectivity index (χ4v) is 3.65. The highest BCUT2D eigenvalue weighted by Crippen LogP contribution is 2.25. The average Bonchev–Trinajstić information content (AvgIpc) is 3.24. The minimum atomic E-state index is -0.0164. The summed E-state index contributed by atoms with van der Waals surface area (Å²) in [5, 5.41) is 7.96. The van der Waals surface area contributed by atoms with Crippen molar-refractivity contribution in [2.24, 2.45) is 0 Å². The number of aryl methyl sites for hydroxylation is 2. The van der Waals surface area contributed by atoms with Crippen molar-refractivity contribution >= 4 is 5.91 Å². The molecule has 4 heteroatoms. The molecule has 4 nitrogen and oxygen atoms in total. The van der Waals surface area contributed by atoms with E-state index >= 15 is 0 Å². The van der Waals surface area contributed by atoms with E-state index in [4.69, 9.17) is 5.10 Å². The van der Waals surface area contributed by atoms with Crippen LogP contribution in [0.4, 0.5) is 0 Å². The summed E-state index contributed by atoms with van der Waals surface area (Å²) in [6.07, 6.45) is 3.08. The minimum absolute atomic E-state index is 0.0164. The zero-order chi connectivity index (χ0) is 21.6. The minimum Gasteiger partial charge on any atom is -0.350 e. The van der Waals surface area contributed by atoms with E-state index in [0.29, 0.717) is 12.8 Å². The Morgan fingerprint density at radius 2 is 1.58 bits per heavy atom. The largest absolute Gasteiger partial charge is 0.350 e. The van der Waals surface area contributed by atoms with Crippen molar-refractivity contribution in [1.82, 2.24) is 15.1 Å². The first-order chi connectivity index (χ1) is 15.1. The van der Waals surface area contributed by atoms with Crippen LogP contribution >= 0.6 is 0 Å². The van der Waals surface area contributed by atoms with E-state index in [1.165, 1.54) is 5.56 Å². The third-order valence-electron chi connectivity index (χ3n) is 5.43. The molecule has 156 valence electrons. The number of aromatic nitrogens is 2. The number of rotatable bonds is 7. The SMILES string of the molecule is Cc1ccc(-c2nn(-c3ccccc3)cc2CCC(=O)N[C@@H](C)c2ccccc2)cc1. The third-order valence-corrected chi connectivity index (χ3v) is 5.43. The van der Waals surface area contributed by atoms with Crippen molar-refractivity contribution in [3.63, 3.8) is 0 Å². The Kier molecular flexibility index (Phi) is 6.27. The van der Waals surface area contributed by atoms with Gasteiger partial charge in [-0.25, -0.2) is 4.68 Å². The van der Waals surface area contributed by atoms with Gasteiger partial charge in [-0.2, -0.15) is 5.10 Å². The van der Waals surface area contributed by atoms with E-state index in [1.807, 2.05) is 78.5 Å². The van der Waals surface area contributed by atoms with E-state index < -0.39 is 0 Å². The van der Waals surface area contributed by atoms with Gasteiger partial charge in [0.05, 0.1) is 17.4 Å². The predicted octanol–water partition coefficient (Wildman–Crippen LogP) is 5.66. The zero-order valence-electron chi connectivity index (χ0n) is 18.0. The Hall–Kier alpha value is -3.66. The zero-order valence-corrected chi connectivity index (χ0v) is 18.0. The summed E-state index contributed by atoms with van der Waals surface area (Å²) >= 11 is 0. The Morgan fingerprint density at radius 3 is 2.26 bits per heavy atom. The van der Waals surface area contributed by atoms with Crippen LogP contribution in [0.3, 0.4) is 0 Å². The van der Waals surface area contributed by atoms with Crippen LogP contribution in [0.2, 0.25) is 0 Å². The second kappa shape index (κ2) is 9.43. The molecule has 4 aromatic rings. The number of nitrogens with one attached hydrogen (secondary N) is 1. The van der Waals surface area contributed by atoms with Crippen LogP contribution in [0.5, 0.6) is 0 Å². The lowest BCUT2D eigenvalue weighted by Crippen LogP contribution is -2.26. The molecular formula is C27H27N3O. The van der Waals surface area contributed by atoms with Gasteiger partial charge < -0.3 is 5.32 Å². The quantitative estimate of drug-likeness (QED) is 0.428. The van der Waals surface area contributed by atoms with E-state index in [2.05, 4.69) is 36.5 Å². The number of nitrogens with zero attached hydrogens (tertiary/aromatic N) is 2. The molecule has 0 radical (unpaired) electrons. The number of benzene rings is 3. The lowest BCUT2D eigenvalue weighted by atomic mass is 10.0. The fourth-order valence-electron chi connectivity index (χ4n) is 3.65. The number of hydrogen-bond donors (Lipinski definition) is 1. The van der Waals surface area contributed by atoms with Gasteiger partial charge >= 0.3 is 0 Å². The van der Waals surface area contributed by atoms with Crippen LogP contribution in [-0.2, 0) is 11.2 Å². The summed E-state index contributed by atoms with van der Waals surface area (Å²) in [5.74, 6) is 0.0404. The van der Waals surface area contributed by atoms with Crippen LogP contribution in [0, 0.1) is 6.92 Å². The maximum atomic E-state index is 12.6. The number of amides is 1. The molecule has 0 aliphatic heterocycles. The van der Waals surface area contributed by atoms with Gasteiger partial charge in [0, 0.05) is 18.2 Å². The molecule has 4 rings (SSSR count). The van der Waals surface area contributed by atoms with E-state index in [0.717, 1.165) is 28.1 Å². The Morgan fingerprint density at radius 1 is 0.935 bits per heavy atom. The van der Waals surface area contributed by atoms with Gasteiger partial charge in [-0.1, -0.05) is 78.4 Å². The second-order valence-electron chi connectivity index (χ2n) is 7.85. The van der Waals surface area contributed by atoms with Crippen molar-refractivity contribution in [3.05, 3.63) is 108 Å². The summed E-state index contributed by atoms with van der Waals surface area (Å²) < 4.78 is 1.90. The highest BCUT2D eigenvalue weighted by atomic mass is 16.1.